The second-order valence-corrected chi connectivity index (χ2v) is 4.81. The summed E-state index contributed by atoms with van der Waals surface area (Å²) in [6, 6.07) is 8.05. The summed E-state index contributed by atoms with van der Waals surface area (Å²) in [6.07, 6.45) is 1.85. The van der Waals surface area contributed by atoms with E-state index in [0.717, 1.165) is 29.6 Å². The van der Waals surface area contributed by atoms with Crippen LogP contribution in [0.5, 0.6) is 0 Å². The molecule has 0 unspecified atom stereocenters. The predicted octanol–water partition coefficient (Wildman–Crippen LogP) is 2.44. The number of nitrogens with zero attached hydrogens (tertiary/aromatic N) is 1. The topological polar surface area (TPSA) is 47.0 Å². The Labute approximate surface area is 105 Å². The summed E-state index contributed by atoms with van der Waals surface area (Å²) in [5.74, 6) is 1.19. The zero-order valence-electron chi connectivity index (χ0n) is 10.3. The third kappa shape index (κ3) is 1.56. The molecule has 3 rings (SSSR count). The molecule has 1 heterocycles. The van der Waals surface area contributed by atoms with Crippen molar-refractivity contribution < 1.29 is 4.74 Å². The molecule has 1 saturated carbocycles. The molecule has 4 nitrogen and oxygen atoms in total. The number of imidazole rings is 1. The first kappa shape index (κ1) is 11.1. The number of aromatic nitrogens is 2. The summed E-state index contributed by atoms with van der Waals surface area (Å²) in [4.78, 5) is 14.9. The van der Waals surface area contributed by atoms with Crippen LogP contribution in [0.3, 0.4) is 0 Å². The van der Waals surface area contributed by atoms with E-state index in [4.69, 9.17) is 4.74 Å². The van der Waals surface area contributed by atoms with Gasteiger partial charge in [0, 0.05) is 12.0 Å². The van der Waals surface area contributed by atoms with Gasteiger partial charge in [0.05, 0.1) is 23.9 Å². The maximum Gasteiger partial charge on any atom is 0.326 e. The van der Waals surface area contributed by atoms with Crippen LogP contribution in [0.15, 0.2) is 41.4 Å². The van der Waals surface area contributed by atoms with Gasteiger partial charge in [-0.15, -0.1) is 0 Å². The Bertz CT molecular complexity index is 647. The van der Waals surface area contributed by atoms with Crippen LogP contribution in [0.1, 0.15) is 18.9 Å². The Hall–Kier alpha value is -1.97. The van der Waals surface area contributed by atoms with Gasteiger partial charge in [-0.3, -0.25) is 4.57 Å². The van der Waals surface area contributed by atoms with E-state index in [0.29, 0.717) is 5.92 Å². The summed E-state index contributed by atoms with van der Waals surface area (Å²) in [6.45, 7) is 3.88. The zero-order chi connectivity index (χ0) is 12.7. The largest absolute Gasteiger partial charge is 0.501 e. The molecule has 94 valence electrons. The van der Waals surface area contributed by atoms with Gasteiger partial charge in [0.25, 0.3) is 0 Å². The molecule has 2 aromatic rings. The minimum Gasteiger partial charge on any atom is -0.501 e. The molecule has 1 aromatic heterocycles. The number of fused-ring (bicyclic) bond motifs is 1. The Morgan fingerprint density at radius 3 is 2.89 bits per heavy atom. The van der Waals surface area contributed by atoms with Crippen LogP contribution in [0.4, 0.5) is 0 Å². The fourth-order valence-electron chi connectivity index (χ4n) is 2.66. The molecule has 0 aliphatic heterocycles. The van der Waals surface area contributed by atoms with E-state index in [1.807, 2.05) is 28.8 Å². The van der Waals surface area contributed by atoms with Gasteiger partial charge in [0.15, 0.2) is 0 Å². The molecular weight excluding hydrogens is 228 g/mol. The summed E-state index contributed by atoms with van der Waals surface area (Å²) < 4.78 is 7.00. The van der Waals surface area contributed by atoms with Crippen molar-refractivity contribution in [1.82, 2.24) is 9.55 Å². The van der Waals surface area contributed by atoms with Gasteiger partial charge in [-0.05, 0) is 25.0 Å². The number of allylic oxidation sites excluding steroid dienone is 1. The van der Waals surface area contributed by atoms with Crippen molar-refractivity contribution in [2.75, 3.05) is 7.11 Å². The van der Waals surface area contributed by atoms with Gasteiger partial charge < -0.3 is 9.72 Å². The number of aromatic amines is 1. The van der Waals surface area contributed by atoms with E-state index in [9.17, 15) is 4.79 Å². The number of hydrogen-bond donors (Lipinski definition) is 1. The van der Waals surface area contributed by atoms with Gasteiger partial charge in [-0.1, -0.05) is 18.7 Å². The van der Waals surface area contributed by atoms with Gasteiger partial charge in [0.2, 0.25) is 0 Å². The van der Waals surface area contributed by atoms with Crippen LogP contribution in [-0.4, -0.2) is 16.7 Å². The second kappa shape index (κ2) is 4.05. The average Bonchev–Trinajstić information content (AvgIpc) is 2.64. The lowest BCUT2D eigenvalue weighted by Crippen LogP contribution is -2.33. The first-order valence-corrected chi connectivity index (χ1v) is 6.12. The van der Waals surface area contributed by atoms with Crippen LogP contribution in [-0.2, 0) is 4.74 Å². The van der Waals surface area contributed by atoms with Crippen LogP contribution in [0.25, 0.3) is 11.0 Å². The van der Waals surface area contributed by atoms with Crippen LogP contribution >= 0.6 is 0 Å². The minimum atomic E-state index is -0.0253. The van der Waals surface area contributed by atoms with Gasteiger partial charge in [-0.25, -0.2) is 4.79 Å². The molecule has 1 fully saturated rings. The monoisotopic (exact) mass is 244 g/mol. The standard InChI is InChI=1S/C14H16N2O2/c1-9(18-2)10-7-11(8-10)16-13-6-4-3-5-12(13)15-14(16)17/h3-6,10-11H,1,7-8H2,2H3,(H,15,17). The lowest BCUT2D eigenvalue weighted by molar-refractivity contribution is 0.146. The number of hydrogen-bond acceptors (Lipinski definition) is 2. The minimum absolute atomic E-state index is 0.0253. The maximum atomic E-state index is 12.0. The van der Waals surface area contributed by atoms with Crippen LogP contribution in [0.2, 0.25) is 0 Å². The summed E-state index contributed by atoms with van der Waals surface area (Å²) in [5.41, 5.74) is 1.85. The van der Waals surface area contributed by atoms with Crippen molar-refractivity contribution in [3.63, 3.8) is 0 Å². The number of methoxy groups -OCH3 is 1. The third-order valence-electron chi connectivity index (χ3n) is 3.82. The molecule has 0 saturated heterocycles. The molecule has 0 amide bonds. The number of nitrogens with one attached hydrogen (secondary N) is 1. The Morgan fingerprint density at radius 2 is 2.17 bits per heavy atom. The normalized spacial score (nSPS) is 22.7. The Balaban J connectivity index is 1.91. The number of rotatable bonds is 3. The fourth-order valence-corrected chi connectivity index (χ4v) is 2.66. The van der Waals surface area contributed by atoms with Gasteiger partial charge in [0.1, 0.15) is 0 Å². The highest BCUT2D eigenvalue weighted by molar-refractivity contribution is 5.75. The first-order chi connectivity index (χ1) is 8.70. The van der Waals surface area contributed by atoms with Crippen molar-refractivity contribution in [3.05, 3.63) is 47.1 Å². The summed E-state index contributed by atoms with van der Waals surface area (Å²) in [7, 11) is 1.65. The Kier molecular flexibility index (Phi) is 2.51. The highest BCUT2D eigenvalue weighted by Gasteiger charge is 2.34. The number of H-pyrrole nitrogens is 1. The maximum absolute atomic E-state index is 12.0. The van der Waals surface area contributed by atoms with Crippen molar-refractivity contribution >= 4 is 11.0 Å². The molecule has 0 spiro atoms. The number of ether oxygens (including phenoxy) is 1. The summed E-state index contributed by atoms with van der Waals surface area (Å²) in [5, 5.41) is 0. The number of benzene rings is 1. The molecule has 0 bridgehead atoms. The smallest absolute Gasteiger partial charge is 0.326 e. The second-order valence-electron chi connectivity index (χ2n) is 4.81. The number of para-hydroxylation sites is 2. The van der Waals surface area contributed by atoms with Crippen LogP contribution in [0, 0.1) is 5.92 Å². The highest BCUT2D eigenvalue weighted by Crippen LogP contribution is 2.42. The SMILES string of the molecule is C=C(OC)C1CC(n2c(=O)[nH]c3ccccc32)C1. The van der Waals surface area contributed by atoms with E-state index in [-0.39, 0.29) is 11.7 Å². The van der Waals surface area contributed by atoms with Gasteiger partial charge >= 0.3 is 5.69 Å². The lowest BCUT2D eigenvalue weighted by Gasteiger charge is -2.36. The molecule has 18 heavy (non-hydrogen) atoms. The molecule has 1 aromatic carbocycles. The van der Waals surface area contributed by atoms with E-state index in [1.54, 1.807) is 7.11 Å². The van der Waals surface area contributed by atoms with Crippen molar-refractivity contribution in [3.8, 4) is 0 Å². The molecule has 1 aliphatic carbocycles. The Morgan fingerprint density at radius 1 is 1.44 bits per heavy atom. The van der Waals surface area contributed by atoms with E-state index in [2.05, 4.69) is 11.6 Å². The molecule has 1 aliphatic rings. The van der Waals surface area contributed by atoms with Crippen molar-refractivity contribution in [2.45, 2.75) is 18.9 Å². The molecule has 0 atom stereocenters. The highest BCUT2D eigenvalue weighted by atomic mass is 16.5. The van der Waals surface area contributed by atoms with Crippen LogP contribution < -0.4 is 5.69 Å². The molecule has 1 N–H and O–H groups in total. The van der Waals surface area contributed by atoms with E-state index in [1.165, 1.54) is 0 Å². The van der Waals surface area contributed by atoms with E-state index < -0.39 is 0 Å². The molecule has 4 heteroatoms. The van der Waals surface area contributed by atoms with Crippen molar-refractivity contribution in [2.24, 2.45) is 5.92 Å². The lowest BCUT2D eigenvalue weighted by atomic mass is 9.79. The van der Waals surface area contributed by atoms with Gasteiger partial charge in [-0.2, -0.15) is 0 Å². The van der Waals surface area contributed by atoms with Crippen molar-refractivity contribution in [1.29, 1.82) is 0 Å². The zero-order valence-corrected chi connectivity index (χ0v) is 10.3. The molecular formula is C14H16N2O2. The van der Waals surface area contributed by atoms with E-state index >= 15 is 0 Å². The fraction of sp³-hybridized carbons (Fsp3) is 0.357. The first-order valence-electron chi connectivity index (χ1n) is 6.12. The third-order valence-corrected chi connectivity index (χ3v) is 3.82. The summed E-state index contributed by atoms with van der Waals surface area (Å²) >= 11 is 0. The predicted molar refractivity (Wildman–Crippen MR) is 70.5 cm³/mol. The average molecular weight is 244 g/mol. The quantitative estimate of drug-likeness (QED) is 0.843. The molecule has 0 radical (unpaired) electrons.